The molecule has 0 unspecified atom stereocenters. The van der Waals surface area contributed by atoms with Crippen LogP contribution in [-0.2, 0) is 0 Å². The van der Waals surface area contributed by atoms with Gasteiger partial charge in [-0.25, -0.2) is 0 Å². The van der Waals surface area contributed by atoms with Gasteiger partial charge in [0.25, 0.3) is 0 Å². The van der Waals surface area contributed by atoms with Gasteiger partial charge in [0.05, 0.1) is 0 Å². The molecular weight excluding hydrogens is 164 g/mol. The molecule has 1 aromatic carbocycles. The van der Waals surface area contributed by atoms with Crippen molar-refractivity contribution >= 4 is 5.91 Å². The van der Waals surface area contributed by atoms with Crippen molar-refractivity contribution in [1.82, 2.24) is 0 Å². The SMILES string of the molecule is C=C[C@H](N)c1ccccc1C(N)=O. The third kappa shape index (κ3) is 1.95. The Kier molecular flexibility index (Phi) is 2.82. The molecule has 68 valence electrons. The van der Waals surface area contributed by atoms with Gasteiger partial charge in [0.15, 0.2) is 0 Å². The Morgan fingerprint density at radius 3 is 2.62 bits per heavy atom. The second kappa shape index (κ2) is 3.87. The molecule has 0 heterocycles. The van der Waals surface area contributed by atoms with E-state index in [0.717, 1.165) is 0 Å². The first-order valence-corrected chi connectivity index (χ1v) is 3.93. The molecule has 1 atom stereocenters. The highest BCUT2D eigenvalue weighted by Gasteiger charge is 2.10. The molecule has 0 bridgehead atoms. The molecule has 0 aliphatic heterocycles. The van der Waals surface area contributed by atoms with Gasteiger partial charge in [-0.15, -0.1) is 6.58 Å². The quantitative estimate of drug-likeness (QED) is 0.674. The minimum atomic E-state index is -0.465. The molecular formula is C10H12N2O. The zero-order chi connectivity index (χ0) is 9.84. The zero-order valence-corrected chi connectivity index (χ0v) is 7.23. The van der Waals surface area contributed by atoms with Crippen LogP contribution in [0.15, 0.2) is 36.9 Å². The molecule has 3 heteroatoms. The summed E-state index contributed by atoms with van der Waals surface area (Å²) in [6.07, 6.45) is 1.57. The standard InChI is InChI=1S/C10H12N2O/c1-2-9(11)7-5-3-4-6-8(7)10(12)13/h2-6,9H,1,11H2,(H2,12,13)/t9-/m0/s1. The van der Waals surface area contributed by atoms with Gasteiger partial charge in [-0.2, -0.15) is 0 Å². The van der Waals surface area contributed by atoms with Crippen molar-refractivity contribution in [1.29, 1.82) is 0 Å². The summed E-state index contributed by atoms with van der Waals surface area (Å²) in [5.74, 6) is -0.465. The second-order valence-corrected chi connectivity index (χ2v) is 2.71. The number of carbonyl (C=O) groups is 1. The van der Waals surface area contributed by atoms with E-state index in [0.29, 0.717) is 11.1 Å². The summed E-state index contributed by atoms with van der Waals surface area (Å²) in [5, 5.41) is 0. The highest BCUT2D eigenvalue weighted by atomic mass is 16.1. The molecule has 0 radical (unpaired) electrons. The Morgan fingerprint density at radius 2 is 2.08 bits per heavy atom. The summed E-state index contributed by atoms with van der Waals surface area (Å²) in [7, 11) is 0. The number of amides is 1. The number of carbonyl (C=O) groups excluding carboxylic acids is 1. The summed E-state index contributed by atoms with van der Waals surface area (Å²) in [6.45, 7) is 3.56. The van der Waals surface area contributed by atoms with Gasteiger partial charge in [-0.3, -0.25) is 4.79 Å². The van der Waals surface area contributed by atoms with Gasteiger partial charge in [0.2, 0.25) is 5.91 Å². The number of benzene rings is 1. The van der Waals surface area contributed by atoms with Crippen LogP contribution in [0.2, 0.25) is 0 Å². The lowest BCUT2D eigenvalue weighted by Crippen LogP contribution is -2.17. The summed E-state index contributed by atoms with van der Waals surface area (Å²) < 4.78 is 0. The largest absolute Gasteiger partial charge is 0.366 e. The van der Waals surface area contributed by atoms with E-state index in [1.165, 1.54) is 0 Å². The fourth-order valence-electron chi connectivity index (χ4n) is 1.14. The molecule has 1 rings (SSSR count). The lowest BCUT2D eigenvalue weighted by molar-refractivity contribution is 0.0999. The molecule has 13 heavy (non-hydrogen) atoms. The molecule has 0 saturated heterocycles. The van der Waals surface area contributed by atoms with E-state index in [2.05, 4.69) is 6.58 Å². The maximum Gasteiger partial charge on any atom is 0.249 e. The summed E-state index contributed by atoms with van der Waals surface area (Å²) in [6, 6.07) is 6.64. The Labute approximate surface area is 77.0 Å². The van der Waals surface area contributed by atoms with Crippen LogP contribution in [0.1, 0.15) is 22.0 Å². The molecule has 0 saturated carbocycles. The molecule has 3 nitrogen and oxygen atoms in total. The summed E-state index contributed by atoms with van der Waals surface area (Å²) in [4.78, 5) is 11.0. The van der Waals surface area contributed by atoms with Gasteiger partial charge >= 0.3 is 0 Å². The van der Waals surface area contributed by atoms with E-state index in [-0.39, 0.29) is 6.04 Å². The van der Waals surface area contributed by atoms with Crippen LogP contribution in [-0.4, -0.2) is 5.91 Å². The van der Waals surface area contributed by atoms with Crippen LogP contribution in [0.3, 0.4) is 0 Å². The van der Waals surface area contributed by atoms with E-state index < -0.39 is 5.91 Å². The van der Waals surface area contributed by atoms with Crippen LogP contribution >= 0.6 is 0 Å². The monoisotopic (exact) mass is 176 g/mol. The van der Waals surface area contributed by atoms with Crippen LogP contribution in [0.25, 0.3) is 0 Å². The minimum absolute atomic E-state index is 0.344. The second-order valence-electron chi connectivity index (χ2n) is 2.71. The van der Waals surface area contributed by atoms with E-state index in [9.17, 15) is 4.79 Å². The summed E-state index contributed by atoms with van der Waals surface area (Å²) in [5.41, 5.74) is 12.1. The van der Waals surface area contributed by atoms with Crippen LogP contribution in [0.4, 0.5) is 0 Å². The number of primary amides is 1. The Balaban J connectivity index is 3.19. The average molecular weight is 176 g/mol. The van der Waals surface area contributed by atoms with Crippen molar-refractivity contribution in [2.45, 2.75) is 6.04 Å². The fourth-order valence-corrected chi connectivity index (χ4v) is 1.14. The van der Waals surface area contributed by atoms with Crippen molar-refractivity contribution in [2.75, 3.05) is 0 Å². The Morgan fingerprint density at radius 1 is 1.46 bits per heavy atom. The van der Waals surface area contributed by atoms with E-state index in [1.807, 2.05) is 6.07 Å². The van der Waals surface area contributed by atoms with E-state index >= 15 is 0 Å². The molecule has 0 aliphatic carbocycles. The molecule has 0 aromatic heterocycles. The molecule has 0 fully saturated rings. The highest BCUT2D eigenvalue weighted by molar-refractivity contribution is 5.94. The number of rotatable bonds is 3. The first kappa shape index (κ1) is 9.48. The van der Waals surface area contributed by atoms with Crippen LogP contribution < -0.4 is 11.5 Å². The third-order valence-corrected chi connectivity index (χ3v) is 1.84. The maximum atomic E-state index is 11.0. The zero-order valence-electron chi connectivity index (χ0n) is 7.23. The van der Waals surface area contributed by atoms with Crippen molar-refractivity contribution in [3.63, 3.8) is 0 Å². The van der Waals surface area contributed by atoms with Gasteiger partial charge in [-0.1, -0.05) is 24.3 Å². The van der Waals surface area contributed by atoms with E-state index in [4.69, 9.17) is 11.5 Å². The topological polar surface area (TPSA) is 69.1 Å². The van der Waals surface area contributed by atoms with Crippen LogP contribution in [0, 0.1) is 0 Å². The van der Waals surface area contributed by atoms with Crippen molar-refractivity contribution in [2.24, 2.45) is 11.5 Å². The molecule has 4 N–H and O–H groups in total. The van der Waals surface area contributed by atoms with Gasteiger partial charge in [0.1, 0.15) is 0 Å². The molecule has 1 amide bonds. The average Bonchev–Trinajstić information content (AvgIpc) is 2.16. The fraction of sp³-hybridized carbons (Fsp3) is 0.100. The first-order valence-electron chi connectivity index (χ1n) is 3.93. The molecule has 1 aromatic rings. The van der Waals surface area contributed by atoms with Crippen molar-refractivity contribution < 1.29 is 4.79 Å². The smallest absolute Gasteiger partial charge is 0.249 e. The number of nitrogens with two attached hydrogens (primary N) is 2. The Hall–Kier alpha value is -1.61. The third-order valence-electron chi connectivity index (χ3n) is 1.84. The van der Waals surface area contributed by atoms with Crippen LogP contribution in [0.5, 0.6) is 0 Å². The van der Waals surface area contributed by atoms with Gasteiger partial charge in [-0.05, 0) is 11.6 Å². The van der Waals surface area contributed by atoms with Crippen molar-refractivity contribution in [3.8, 4) is 0 Å². The van der Waals surface area contributed by atoms with Crippen molar-refractivity contribution in [3.05, 3.63) is 48.0 Å². The van der Waals surface area contributed by atoms with Gasteiger partial charge < -0.3 is 11.5 Å². The predicted molar refractivity (Wildman–Crippen MR) is 52.1 cm³/mol. The number of hydrogen-bond donors (Lipinski definition) is 2. The minimum Gasteiger partial charge on any atom is -0.366 e. The first-order chi connectivity index (χ1) is 6.16. The lowest BCUT2D eigenvalue weighted by atomic mass is 10.0. The predicted octanol–water partition coefficient (Wildman–Crippen LogP) is 0.971. The molecule has 0 spiro atoms. The van der Waals surface area contributed by atoms with Gasteiger partial charge in [0, 0.05) is 11.6 Å². The Bertz CT molecular complexity index is 333. The highest BCUT2D eigenvalue weighted by Crippen LogP contribution is 2.15. The number of hydrogen-bond acceptors (Lipinski definition) is 2. The summed E-state index contributed by atoms with van der Waals surface area (Å²) >= 11 is 0. The maximum absolute atomic E-state index is 11.0. The molecule has 0 aliphatic rings. The van der Waals surface area contributed by atoms with E-state index in [1.54, 1.807) is 24.3 Å². The lowest BCUT2D eigenvalue weighted by Gasteiger charge is -2.09. The normalized spacial score (nSPS) is 12.1.